The van der Waals surface area contributed by atoms with E-state index in [0.29, 0.717) is 23.6 Å². The second-order valence-electron chi connectivity index (χ2n) is 5.91. The molecule has 0 amide bonds. The molecule has 0 aliphatic carbocycles. The van der Waals surface area contributed by atoms with Crippen LogP contribution in [0, 0.1) is 12.7 Å². The molecule has 5 nitrogen and oxygen atoms in total. The molecular weight excluding hydrogens is 353 g/mol. The van der Waals surface area contributed by atoms with Crippen LogP contribution in [0.1, 0.15) is 21.7 Å². The molecule has 1 aromatic carbocycles. The van der Waals surface area contributed by atoms with Gasteiger partial charge in [-0.1, -0.05) is 18.2 Å². The van der Waals surface area contributed by atoms with Crippen LogP contribution >= 0.6 is 11.3 Å². The maximum atomic E-state index is 13.6. The number of aryl methyl sites for hydroxylation is 1. The molecular formula is C19H14FN3O2S. The van der Waals surface area contributed by atoms with Gasteiger partial charge in [0.2, 0.25) is 0 Å². The van der Waals surface area contributed by atoms with E-state index in [1.807, 2.05) is 29.6 Å². The van der Waals surface area contributed by atoms with Crippen molar-refractivity contribution in [1.82, 2.24) is 14.5 Å². The van der Waals surface area contributed by atoms with E-state index in [9.17, 15) is 14.3 Å². The zero-order chi connectivity index (χ0) is 18.3. The monoisotopic (exact) mass is 367 g/mol. The number of carbonyl (C=O) groups is 1. The summed E-state index contributed by atoms with van der Waals surface area (Å²) >= 11 is 1.60. The number of carboxylic acid groups (broad SMARTS) is 1. The van der Waals surface area contributed by atoms with Crippen LogP contribution in [0.3, 0.4) is 0 Å². The predicted molar refractivity (Wildman–Crippen MR) is 98.0 cm³/mol. The maximum absolute atomic E-state index is 13.6. The third-order valence-electron chi connectivity index (χ3n) is 4.20. The lowest BCUT2D eigenvalue weighted by Gasteiger charge is -2.11. The van der Waals surface area contributed by atoms with Crippen LogP contribution in [0.25, 0.3) is 21.5 Å². The van der Waals surface area contributed by atoms with E-state index in [1.165, 1.54) is 12.3 Å². The van der Waals surface area contributed by atoms with Gasteiger partial charge in [-0.05, 0) is 35.4 Å². The smallest absolute Gasteiger partial charge is 0.354 e. The molecule has 0 radical (unpaired) electrons. The molecule has 26 heavy (non-hydrogen) atoms. The van der Waals surface area contributed by atoms with Crippen LogP contribution < -0.4 is 0 Å². The molecule has 3 aromatic heterocycles. The summed E-state index contributed by atoms with van der Waals surface area (Å²) in [4.78, 5) is 20.1. The van der Waals surface area contributed by atoms with E-state index in [4.69, 9.17) is 0 Å². The number of aromatic nitrogens is 3. The van der Waals surface area contributed by atoms with Gasteiger partial charge in [-0.2, -0.15) is 0 Å². The summed E-state index contributed by atoms with van der Waals surface area (Å²) in [5.41, 5.74) is 1.91. The van der Waals surface area contributed by atoms with Crippen molar-refractivity contribution >= 4 is 27.4 Å². The number of pyridine rings is 1. The number of halogens is 1. The van der Waals surface area contributed by atoms with Gasteiger partial charge in [-0.15, -0.1) is 11.3 Å². The molecule has 0 aliphatic rings. The van der Waals surface area contributed by atoms with Gasteiger partial charge >= 0.3 is 5.97 Å². The highest BCUT2D eigenvalue weighted by molar-refractivity contribution is 7.17. The number of nitrogens with zero attached hydrogens (tertiary/aromatic N) is 3. The lowest BCUT2D eigenvalue weighted by atomic mass is 10.1. The fourth-order valence-corrected chi connectivity index (χ4v) is 4.01. The standard InChI is InChI=1S/C19H14FN3O2S/c1-11-16(19(24)25)23(18(22-11)14-7-15(20)9-21-8-14)10-13-4-2-3-12-5-6-26-17(12)13/h2-9H,10H2,1H3,(H,24,25). The minimum absolute atomic E-state index is 0.0952. The molecule has 4 rings (SSSR count). The SMILES string of the molecule is Cc1nc(-c2cncc(F)c2)n(Cc2cccc3ccsc23)c1C(=O)O. The Bertz CT molecular complexity index is 1130. The average molecular weight is 367 g/mol. The van der Waals surface area contributed by atoms with Crippen molar-refractivity contribution in [2.24, 2.45) is 0 Å². The number of aromatic carboxylic acids is 1. The topological polar surface area (TPSA) is 68.0 Å². The zero-order valence-electron chi connectivity index (χ0n) is 13.8. The van der Waals surface area contributed by atoms with Crippen molar-refractivity contribution in [2.45, 2.75) is 13.5 Å². The molecule has 130 valence electrons. The van der Waals surface area contributed by atoms with Gasteiger partial charge in [-0.25, -0.2) is 14.2 Å². The Morgan fingerprint density at radius 3 is 2.92 bits per heavy atom. The van der Waals surface area contributed by atoms with Gasteiger partial charge in [0.1, 0.15) is 11.6 Å². The molecule has 0 atom stereocenters. The van der Waals surface area contributed by atoms with E-state index >= 15 is 0 Å². The number of hydrogen-bond donors (Lipinski definition) is 1. The lowest BCUT2D eigenvalue weighted by Crippen LogP contribution is -2.12. The van der Waals surface area contributed by atoms with Crippen molar-refractivity contribution in [3.63, 3.8) is 0 Å². The van der Waals surface area contributed by atoms with Crippen LogP contribution in [-0.4, -0.2) is 25.6 Å². The van der Waals surface area contributed by atoms with Gasteiger partial charge in [0.15, 0.2) is 5.69 Å². The van der Waals surface area contributed by atoms with Crippen LogP contribution in [0.5, 0.6) is 0 Å². The normalized spacial score (nSPS) is 11.2. The summed E-state index contributed by atoms with van der Waals surface area (Å²) in [5.74, 6) is -1.17. The Morgan fingerprint density at radius 2 is 2.15 bits per heavy atom. The van der Waals surface area contributed by atoms with Gasteiger partial charge in [0, 0.05) is 16.5 Å². The van der Waals surface area contributed by atoms with Crippen LogP contribution in [0.2, 0.25) is 0 Å². The zero-order valence-corrected chi connectivity index (χ0v) is 14.6. The molecule has 1 N–H and O–H groups in total. The minimum Gasteiger partial charge on any atom is -0.477 e. The first kappa shape index (κ1) is 16.4. The molecule has 0 bridgehead atoms. The van der Waals surface area contributed by atoms with E-state index in [-0.39, 0.29) is 5.69 Å². The molecule has 3 heterocycles. The van der Waals surface area contributed by atoms with E-state index in [0.717, 1.165) is 21.8 Å². The van der Waals surface area contributed by atoms with Crippen molar-refractivity contribution in [3.8, 4) is 11.4 Å². The first-order valence-corrected chi connectivity index (χ1v) is 8.79. The van der Waals surface area contributed by atoms with E-state index in [1.54, 1.807) is 22.8 Å². The maximum Gasteiger partial charge on any atom is 0.354 e. The quantitative estimate of drug-likeness (QED) is 0.582. The molecule has 0 saturated carbocycles. The van der Waals surface area contributed by atoms with E-state index < -0.39 is 11.8 Å². The number of benzene rings is 1. The molecule has 0 fully saturated rings. The van der Waals surface area contributed by atoms with Crippen molar-refractivity contribution in [2.75, 3.05) is 0 Å². The second-order valence-corrected chi connectivity index (χ2v) is 6.82. The summed E-state index contributed by atoms with van der Waals surface area (Å²) in [7, 11) is 0. The van der Waals surface area contributed by atoms with Crippen molar-refractivity contribution in [3.05, 3.63) is 70.9 Å². The summed E-state index contributed by atoms with van der Waals surface area (Å²) in [6.07, 6.45) is 2.59. The van der Waals surface area contributed by atoms with E-state index in [2.05, 4.69) is 9.97 Å². The summed E-state index contributed by atoms with van der Waals surface area (Å²) in [6.45, 7) is 1.97. The molecule has 0 saturated heterocycles. The number of imidazole rings is 1. The molecule has 4 aromatic rings. The summed E-state index contributed by atoms with van der Waals surface area (Å²) < 4.78 is 16.3. The molecule has 0 aliphatic heterocycles. The van der Waals surface area contributed by atoms with Gasteiger partial charge in [-0.3, -0.25) is 4.98 Å². The fraction of sp³-hybridized carbons (Fsp3) is 0.105. The summed E-state index contributed by atoms with van der Waals surface area (Å²) in [5, 5.41) is 12.8. The van der Waals surface area contributed by atoms with Crippen LogP contribution in [0.4, 0.5) is 4.39 Å². The lowest BCUT2D eigenvalue weighted by molar-refractivity contribution is 0.0685. The van der Waals surface area contributed by atoms with Crippen molar-refractivity contribution < 1.29 is 14.3 Å². The highest BCUT2D eigenvalue weighted by Gasteiger charge is 2.22. The van der Waals surface area contributed by atoms with Gasteiger partial charge in [0.25, 0.3) is 0 Å². The van der Waals surface area contributed by atoms with Crippen molar-refractivity contribution in [1.29, 1.82) is 0 Å². The first-order valence-electron chi connectivity index (χ1n) is 7.91. The molecule has 7 heteroatoms. The predicted octanol–water partition coefficient (Wildman–Crippen LogP) is 4.35. The Labute approximate surface area is 152 Å². The highest BCUT2D eigenvalue weighted by atomic mass is 32.1. The minimum atomic E-state index is -1.07. The number of thiophene rings is 1. The number of carboxylic acids is 1. The molecule has 0 spiro atoms. The number of rotatable bonds is 4. The number of fused-ring (bicyclic) bond motifs is 1. The Morgan fingerprint density at radius 1 is 1.31 bits per heavy atom. The highest BCUT2D eigenvalue weighted by Crippen LogP contribution is 2.29. The Hall–Kier alpha value is -3.06. The first-order chi connectivity index (χ1) is 12.5. The third kappa shape index (κ3) is 2.76. The average Bonchev–Trinajstić information content (AvgIpc) is 3.20. The van der Waals surface area contributed by atoms with Gasteiger partial charge in [0.05, 0.1) is 18.4 Å². The van der Waals surface area contributed by atoms with Crippen LogP contribution in [0.15, 0.2) is 48.1 Å². The fourth-order valence-electron chi connectivity index (χ4n) is 3.10. The third-order valence-corrected chi connectivity index (χ3v) is 5.20. The Balaban J connectivity index is 1.91. The summed E-state index contributed by atoms with van der Waals surface area (Å²) in [6, 6.07) is 9.26. The second kappa shape index (κ2) is 6.34. The largest absolute Gasteiger partial charge is 0.477 e. The number of hydrogen-bond acceptors (Lipinski definition) is 4. The Kier molecular flexibility index (Phi) is 4.00. The van der Waals surface area contributed by atoms with Crippen LogP contribution in [-0.2, 0) is 6.54 Å². The molecule has 0 unspecified atom stereocenters. The van der Waals surface area contributed by atoms with Gasteiger partial charge < -0.3 is 9.67 Å².